The Bertz CT molecular complexity index is 329. The molecule has 1 aliphatic carbocycles. The van der Waals surface area contributed by atoms with E-state index < -0.39 is 0 Å². The van der Waals surface area contributed by atoms with Gasteiger partial charge in [-0.2, -0.15) is 0 Å². The predicted octanol–water partition coefficient (Wildman–Crippen LogP) is 0.361. The Morgan fingerprint density at radius 1 is 1.26 bits per heavy atom. The van der Waals surface area contributed by atoms with E-state index in [1.165, 1.54) is 12.8 Å². The highest BCUT2D eigenvalue weighted by atomic mass is 16.2. The molecular formula is C14H25N3O2. The lowest BCUT2D eigenvalue weighted by molar-refractivity contribution is -0.135. The summed E-state index contributed by atoms with van der Waals surface area (Å²) < 4.78 is 0. The molecule has 5 nitrogen and oxygen atoms in total. The highest BCUT2D eigenvalue weighted by Crippen LogP contribution is 2.27. The summed E-state index contributed by atoms with van der Waals surface area (Å²) in [6.45, 7) is 2.92. The van der Waals surface area contributed by atoms with Crippen LogP contribution < -0.4 is 10.6 Å². The molecule has 1 atom stereocenters. The first kappa shape index (κ1) is 14.3. The molecule has 1 heterocycles. The van der Waals surface area contributed by atoms with Gasteiger partial charge in [0.2, 0.25) is 11.8 Å². The summed E-state index contributed by atoms with van der Waals surface area (Å²) in [5, 5.41) is 6.01. The normalized spacial score (nSPS) is 23.2. The maximum absolute atomic E-state index is 12.1. The van der Waals surface area contributed by atoms with Gasteiger partial charge in [-0.25, -0.2) is 0 Å². The van der Waals surface area contributed by atoms with E-state index in [2.05, 4.69) is 10.6 Å². The van der Waals surface area contributed by atoms with Crippen molar-refractivity contribution >= 4 is 11.8 Å². The molecule has 1 aliphatic heterocycles. The number of carbonyl (C=O) groups excluding carboxylic acids is 2. The van der Waals surface area contributed by atoms with Gasteiger partial charge in [0, 0.05) is 32.6 Å². The third-order valence-corrected chi connectivity index (χ3v) is 4.00. The molecule has 19 heavy (non-hydrogen) atoms. The smallest absolute Gasteiger partial charge is 0.224 e. The van der Waals surface area contributed by atoms with Gasteiger partial charge in [-0.1, -0.05) is 0 Å². The minimum absolute atomic E-state index is 0.00830. The number of rotatable bonds is 6. The molecule has 108 valence electrons. The van der Waals surface area contributed by atoms with Crippen LogP contribution in [-0.4, -0.2) is 49.9 Å². The fourth-order valence-electron chi connectivity index (χ4n) is 2.52. The van der Waals surface area contributed by atoms with Crippen molar-refractivity contribution in [2.75, 3.05) is 33.2 Å². The molecule has 0 aromatic heterocycles. The Morgan fingerprint density at radius 2 is 2.05 bits per heavy atom. The second-order valence-corrected chi connectivity index (χ2v) is 5.72. The first-order valence-electron chi connectivity index (χ1n) is 7.40. The monoisotopic (exact) mass is 267 g/mol. The van der Waals surface area contributed by atoms with Crippen LogP contribution in [0.1, 0.15) is 32.1 Å². The minimum atomic E-state index is -0.00830. The van der Waals surface area contributed by atoms with Crippen molar-refractivity contribution in [3.8, 4) is 0 Å². The molecule has 5 heteroatoms. The van der Waals surface area contributed by atoms with Gasteiger partial charge in [0.05, 0.1) is 5.92 Å². The number of hydrogen-bond acceptors (Lipinski definition) is 3. The number of hydrogen-bond donors (Lipinski definition) is 2. The molecule has 0 radical (unpaired) electrons. The summed E-state index contributed by atoms with van der Waals surface area (Å²) >= 11 is 0. The topological polar surface area (TPSA) is 61.4 Å². The van der Waals surface area contributed by atoms with Gasteiger partial charge in [0.15, 0.2) is 0 Å². The molecular weight excluding hydrogens is 242 g/mol. The fourth-order valence-corrected chi connectivity index (χ4v) is 2.52. The largest absolute Gasteiger partial charge is 0.356 e. The average molecular weight is 267 g/mol. The summed E-state index contributed by atoms with van der Waals surface area (Å²) in [4.78, 5) is 25.9. The molecule has 2 fully saturated rings. The Balaban J connectivity index is 1.75. The Hall–Kier alpha value is -1.10. The van der Waals surface area contributed by atoms with Crippen LogP contribution in [0.5, 0.6) is 0 Å². The molecule has 1 unspecified atom stereocenters. The van der Waals surface area contributed by atoms with Gasteiger partial charge in [-0.05, 0) is 38.6 Å². The number of piperidine rings is 1. The molecule has 0 aromatic rings. The van der Waals surface area contributed by atoms with E-state index in [4.69, 9.17) is 0 Å². The van der Waals surface area contributed by atoms with Crippen molar-refractivity contribution in [1.29, 1.82) is 0 Å². The van der Waals surface area contributed by atoms with Crippen LogP contribution in [0.4, 0.5) is 0 Å². The second-order valence-electron chi connectivity index (χ2n) is 5.72. The Kier molecular flexibility index (Phi) is 5.19. The number of nitrogens with one attached hydrogen (secondary N) is 2. The summed E-state index contributed by atoms with van der Waals surface area (Å²) in [5.41, 5.74) is 0. The number of likely N-dealkylation sites (tertiary alicyclic amines) is 1. The molecule has 2 rings (SSSR count). The minimum Gasteiger partial charge on any atom is -0.356 e. The molecule has 0 aromatic carbocycles. The van der Waals surface area contributed by atoms with Crippen LogP contribution in [-0.2, 0) is 9.59 Å². The van der Waals surface area contributed by atoms with Crippen LogP contribution in [0.2, 0.25) is 0 Å². The lowest BCUT2D eigenvalue weighted by Crippen LogP contribution is -2.46. The molecule has 1 saturated carbocycles. The van der Waals surface area contributed by atoms with Crippen LogP contribution in [0.25, 0.3) is 0 Å². The first-order chi connectivity index (χ1) is 9.20. The molecule has 0 spiro atoms. The van der Waals surface area contributed by atoms with E-state index in [1.807, 2.05) is 11.9 Å². The van der Waals surface area contributed by atoms with Crippen molar-refractivity contribution in [2.45, 2.75) is 32.1 Å². The third-order valence-electron chi connectivity index (χ3n) is 4.00. The van der Waals surface area contributed by atoms with Crippen molar-refractivity contribution in [2.24, 2.45) is 11.8 Å². The lowest BCUT2D eigenvalue weighted by Gasteiger charge is -2.32. The van der Waals surface area contributed by atoms with E-state index in [0.717, 1.165) is 25.9 Å². The zero-order valence-electron chi connectivity index (χ0n) is 11.8. The molecule has 2 amide bonds. The van der Waals surface area contributed by atoms with Crippen molar-refractivity contribution < 1.29 is 9.59 Å². The summed E-state index contributed by atoms with van der Waals surface area (Å²) in [7, 11) is 1.84. The van der Waals surface area contributed by atoms with Crippen LogP contribution in [0.15, 0.2) is 0 Å². The standard InChI is InChI=1S/C14H25N3O2/c1-15-7-6-13(18)17-8-2-3-12(10-17)14(19)16-9-11-4-5-11/h11-12,15H,2-10H2,1H3,(H,16,19). The first-order valence-corrected chi connectivity index (χ1v) is 7.40. The summed E-state index contributed by atoms with van der Waals surface area (Å²) in [6.07, 6.45) is 4.87. The van der Waals surface area contributed by atoms with Gasteiger partial charge < -0.3 is 15.5 Å². The lowest BCUT2D eigenvalue weighted by atomic mass is 9.97. The summed E-state index contributed by atoms with van der Waals surface area (Å²) in [5.74, 6) is 0.999. The molecule has 0 bridgehead atoms. The van der Waals surface area contributed by atoms with Crippen molar-refractivity contribution in [3.05, 3.63) is 0 Å². The molecule has 1 saturated heterocycles. The molecule has 2 aliphatic rings. The number of carbonyl (C=O) groups is 2. The van der Waals surface area contributed by atoms with Crippen LogP contribution >= 0.6 is 0 Å². The van der Waals surface area contributed by atoms with Crippen molar-refractivity contribution in [3.63, 3.8) is 0 Å². The summed E-state index contributed by atoms with van der Waals surface area (Å²) in [6, 6.07) is 0. The van der Waals surface area contributed by atoms with Gasteiger partial charge >= 0.3 is 0 Å². The van der Waals surface area contributed by atoms with E-state index >= 15 is 0 Å². The highest BCUT2D eigenvalue weighted by Gasteiger charge is 2.29. The second kappa shape index (κ2) is 6.89. The van der Waals surface area contributed by atoms with E-state index in [1.54, 1.807) is 0 Å². The zero-order chi connectivity index (χ0) is 13.7. The molecule has 2 N–H and O–H groups in total. The fraction of sp³-hybridized carbons (Fsp3) is 0.857. The average Bonchev–Trinajstić information content (AvgIpc) is 3.26. The van der Waals surface area contributed by atoms with Gasteiger partial charge in [-0.3, -0.25) is 9.59 Å². The maximum atomic E-state index is 12.1. The zero-order valence-corrected chi connectivity index (χ0v) is 11.8. The van der Waals surface area contributed by atoms with E-state index in [-0.39, 0.29) is 17.7 Å². The Labute approximate surface area is 115 Å². The predicted molar refractivity (Wildman–Crippen MR) is 73.6 cm³/mol. The highest BCUT2D eigenvalue weighted by molar-refractivity contribution is 5.81. The SMILES string of the molecule is CNCCC(=O)N1CCCC(C(=O)NCC2CC2)C1. The third kappa shape index (κ3) is 4.49. The van der Waals surface area contributed by atoms with Gasteiger partial charge in [-0.15, -0.1) is 0 Å². The maximum Gasteiger partial charge on any atom is 0.224 e. The van der Waals surface area contributed by atoms with E-state index in [9.17, 15) is 9.59 Å². The number of nitrogens with zero attached hydrogens (tertiary/aromatic N) is 1. The van der Waals surface area contributed by atoms with Crippen molar-refractivity contribution in [1.82, 2.24) is 15.5 Å². The van der Waals surface area contributed by atoms with Crippen LogP contribution in [0.3, 0.4) is 0 Å². The Morgan fingerprint density at radius 3 is 2.74 bits per heavy atom. The number of amides is 2. The van der Waals surface area contributed by atoms with Gasteiger partial charge in [0.25, 0.3) is 0 Å². The van der Waals surface area contributed by atoms with E-state index in [0.29, 0.717) is 25.4 Å². The van der Waals surface area contributed by atoms with Gasteiger partial charge in [0.1, 0.15) is 0 Å². The quantitative estimate of drug-likeness (QED) is 0.730. The van der Waals surface area contributed by atoms with Crippen LogP contribution in [0, 0.1) is 11.8 Å².